The molecule has 0 fully saturated rings. The van der Waals surface area contributed by atoms with Crippen molar-refractivity contribution in [2.24, 2.45) is 0 Å². The Kier molecular flexibility index (Phi) is 4.54. The highest BCUT2D eigenvalue weighted by Crippen LogP contribution is 2.12. The monoisotopic (exact) mass is 218 g/mol. The lowest BCUT2D eigenvalue weighted by Gasteiger charge is -2.19. The van der Waals surface area contributed by atoms with Gasteiger partial charge in [0.1, 0.15) is 6.61 Å². The van der Waals surface area contributed by atoms with Gasteiger partial charge in [0, 0.05) is 5.56 Å². The van der Waals surface area contributed by atoms with E-state index in [1.165, 1.54) is 0 Å². The molecule has 1 aromatic rings. The van der Waals surface area contributed by atoms with Gasteiger partial charge < -0.3 is 9.84 Å². The SMILES string of the molecule is CC(C)(C)OCc1ccc(C#CCO)cc1. The van der Waals surface area contributed by atoms with E-state index in [0.29, 0.717) is 6.61 Å². The molecule has 0 aliphatic rings. The lowest BCUT2D eigenvalue weighted by atomic mass is 10.1. The van der Waals surface area contributed by atoms with Crippen molar-refractivity contribution < 1.29 is 9.84 Å². The molecule has 1 rings (SSSR count). The van der Waals surface area contributed by atoms with Crippen LogP contribution < -0.4 is 0 Å². The van der Waals surface area contributed by atoms with E-state index >= 15 is 0 Å². The van der Waals surface area contributed by atoms with Crippen molar-refractivity contribution in [2.45, 2.75) is 33.0 Å². The number of benzene rings is 1. The minimum atomic E-state index is -0.116. The Morgan fingerprint density at radius 1 is 1.19 bits per heavy atom. The minimum absolute atomic E-state index is 0.102. The van der Waals surface area contributed by atoms with E-state index in [0.717, 1.165) is 11.1 Å². The fourth-order valence-corrected chi connectivity index (χ4v) is 1.13. The van der Waals surface area contributed by atoms with Gasteiger partial charge in [0.2, 0.25) is 0 Å². The molecule has 1 N–H and O–H groups in total. The molecule has 0 aliphatic heterocycles. The van der Waals surface area contributed by atoms with Gasteiger partial charge in [-0.2, -0.15) is 0 Å². The molecule has 0 radical (unpaired) electrons. The molecule has 16 heavy (non-hydrogen) atoms. The summed E-state index contributed by atoms with van der Waals surface area (Å²) >= 11 is 0. The van der Waals surface area contributed by atoms with Crippen LogP contribution in [0.5, 0.6) is 0 Å². The second-order valence-electron chi connectivity index (χ2n) is 4.56. The summed E-state index contributed by atoms with van der Waals surface area (Å²) in [4.78, 5) is 0. The van der Waals surface area contributed by atoms with Crippen molar-refractivity contribution in [3.8, 4) is 11.8 Å². The van der Waals surface area contributed by atoms with Gasteiger partial charge in [0.25, 0.3) is 0 Å². The van der Waals surface area contributed by atoms with Crippen LogP contribution in [-0.2, 0) is 11.3 Å². The van der Waals surface area contributed by atoms with Gasteiger partial charge in [-0.15, -0.1) is 0 Å². The summed E-state index contributed by atoms with van der Waals surface area (Å²) in [6.07, 6.45) is 0. The Bertz CT molecular complexity index is 374. The molecule has 0 saturated heterocycles. The molecule has 0 aliphatic carbocycles. The Morgan fingerprint density at radius 3 is 2.31 bits per heavy atom. The van der Waals surface area contributed by atoms with Gasteiger partial charge in [0.15, 0.2) is 0 Å². The first-order chi connectivity index (χ1) is 7.51. The quantitative estimate of drug-likeness (QED) is 0.772. The lowest BCUT2D eigenvalue weighted by molar-refractivity contribution is -0.0149. The largest absolute Gasteiger partial charge is 0.384 e. The fraction of sp³-hybridized carbons (Fsp3) is 0.429. The second-order valence-corrected chi connectivity index (χ2v) is 4.56. The third-order valence-corrected chi connectivity index (χ3v) is 1.94. The topological polar surface area (TPSA) is 29.5 Å². The van der Waals surface area contributed by atoms with Crippen molar-refractivity contribution in [1.29, 1.82) is 0 Å². The molecular weight excluding hydrogens is 200 g/mol. The zero-order valence-electron chi connectivity index (χ0n) is 10.1. The standard InChI is InChI=1S/C14H18O2/c1-14(2,3)16-11-13-8-6-12(7-9-13)5-4-10-15/h6-9,15H,10-11H2,1-3H3. The van der Waals surface area contributed by atoms with E-state index in [-0.39, 0.29) is 12.2 Å². The highest BCUT2D eigenvalue weighted by Gasteiger charge is 2.09. The van der Waals surface area contributed by atoms with Crippen LogP contribution in [0.1, 0.15) is 31.9 Å². The zero-order chi connectivity index (χ0) is 12.0. The summed E-state index contributed by atoms with van der Waals surface area (Å²) in [5.74, 6) is 5.47. The zero-order valence-corrected chi connectivity index (χ0v) is 10.1. The summed E-state index contributed by atoms with van der Waals surface area (Å²) in [5, 5.41) is 8.56. The number of ether oxygens (including phenoxy) is 1. The molecule has 0 amide bonds. The van der Waals surface area contributed by atoms with Crippen LogP contribution in [0.25, 0.3) is 0 Å². The molecule has 0 spiro atoms. The maximum atomic E-state index is 8.56. The molecule has 0 aromatic heterocycles. The van der Waals surface area contributed by atoms with Gasteiger partial charge in [0.05, 0.1) is 12.2 Å². The number of hydrogen-bond acceptors (Lipinski definition) is 2. The normalized spacial score (nSPS) is 10.8. The Morgan fingerprint density at radius 2 is 1.81 bits per heavy atom. The van der Waals surface area contributed by atoms with Crippen molar-refractivity contribution in [1.82, 2.24) is 0 Å². The molecule has 0 atom stereocenters. The minimum Gasteiger partial charge on any atom is -0.384 e. The van der Waals surface area contributed by atoms with E-state index in [4.69, 9.17) is 9.84 Å². The number of aliphatic hydroxyl groups excluding tert-OH is 1. The molecule has 86 valence electrons. The second kappa shape index (κ2) is 5.69. The van der Waals surface area contributed by atoms with E-state index in [2.05, 4.69) is 11.8 Å². The Balaban J connectivity index is 2.58. The lowest BCUT2D eigenvalue weighted by Crippen LogP contribution is -2.18. The van der Waals surface area contributed by atoms with Gasteiger partial charge >= 0.3 is 0 Å². The highest BCUT2D eigenvalue weighted by atomic mass is 16.5. The van der Waals surface area contributed by atoms with Crippen LogP contribution in [0, 0.1) is 11.8 Å². The maximum Gasteiger partial charge on any atom is 0.104 e. The van der Waals surface area contributed by atoms with Crippen LogP contribution >= 0.6 is 0 Å². The summed E-state index contributed by atoms with van der Waals surface area (Å²) in [5.41, 5.74) is 1.92. The van der Waals surface area contributed by atoms with Crippen LogP contribution in [0.3, 0.4) is 0 Å². The Labute approximate surface area is 97.3 Å². The highest BCUT2D eigenvalue weighted by molar-refractivity contribution is 5.36. The van der Waals surface area contributed by atoms with E-state index in [9.17, 15) is 0 Å². The average Bonchev–Trinajstić information content (AvgIpc) is 2.24. The summed E-state index contributed by atoms with van der Waals surface area (Å²) < 4.78 is 5.66. The molecular formula is C14H18O2. The third-order valence-electron chi connectivity index (χ3n) is 1.94. The molecule has 0 unspecified atom stereocenters. The Hall–Kier alpha value is -1.30. The van der Waals surface area contributed by atoms with Crippen LogP contribution in [0.15, 0.2) is 24.3 Å². The number of rotatable bonds is 2. The summed E-state index contributed by atoms with van der Waals surface area (Å²) in [7, 11) is 0. The van der Waals surface area contributed by atoms with Crippen LogP contribution in [0.4, 0.5) is 0 Å². The molecule has 0 bridgehead atoms. The van der Waals surface area contributed by atoms with E-state index < -0.39 is 0 Å². The maximum absolute atomic E-state index is 8.56. The summed E-state index contributed by atoms with van der Waals surface area (Å²) in [6.45, 7) is 6.61. The first kappa shape index (κ1) is 12.8. The molecule has 0 heterocycles. The first-order valence-corrected chi connectivity index (χ1v) is 5.34. The van der Waals surface area contributed by atoms with Crippen molar-refractivity contribution in [3.63, 3.8) is 0 Å². The van der Waals surface area contributed by atoms with Crippen molar-refractivity contribution in [3.05, 3.63) is 35.4 Å². The molecule has 0 saturated carbocycles. The van der Waals surface area contributed by atoms with Crippen LogP contribution in [-0.4, -0.2) is 17.3 Å². The van der Waals surface area contributed by atoms with E-state index in [1.807, 2.05) is 45.0 Å². The predicted molar refractivity (Wildman–Crippen MR) is 64.9 cm³/mol. The van der Waals surface area contributed by atoms with Gasteiger partial charge in [-0.1, -0.05) is 24.0 Å². The van der Waals surface area contributed by atoms with Crippen molar-refractivity contribution in [2.75, 3.05) is 6.61 Å². The van der Waals surface area contributed by atoms with Gasteiger partial charge in [-0.05, 0) is 38.5 Å². The van der Waals surface area contributed by atoms with Crippen molar-refractivity contribution >= 4 is 0 Å². The molecule has 2 heteroatoms. The fourth-order valence-electron chi connectivity index (χ4n) is 1.13. The number of aliphatic hydroxyl groups is 1. The van der Waals surface area contributed by atoms with E-state index in [1.54, 1.807) is 0 Å². The smallest absolute Gasteiger partial charge is 0.104 e. The predicted octanol–water partition coefficient (Wildman–Crippen LogP) is 2.35. The molecule has 2 nitrogen and oxygen atoms in total. The number of hydrogen-bond donors (Lipinski definition) is 1. The first-order valence-electron chi connectivity index (χ1n) is 5.34. The third kappa shape index (κ3) is 4.97. The van der Waals surface area contributed by atoms with Gasteiger partial charge in [-0.3, -0.25) is 0 Å². The van der Waals surface area contributed by atoms with Gasteiger partial charge in [-0.25, -0.2) is 0 Å². The van der Waals surface area contributed by atoms with Crippen LogP contribution in [0.2, 0.25) is 0 Å². The average molecular weight is 218 g/mol. The molecule has 1 aromatic carbocycles. The summed E-state index contributed by atoms with van der Waals surface area (Å²) in [6, 6.07) is 7.86.